The van der Waals surface area contributed by atoms with Crippen molar-refractivity contribution >= 4 is 72.0 Å². The number of carbonyl (C=O) groups is 2. The van der Waals surface area contributed by atoms with Gasteiger partial charge < -0.3 is 15.0 Å². The first-order valence-corrected chi connectivity index (χ1v) is 13.4. The molecule has 12 heteroatoms. The summed E-state index contributed by atoms with van der Waals surface area (Å²) in [7, 11) is -3.17. The third-order valence-corrected chi connectivity index (χ3v) is 8.47. The molecule has 2 heterocycles. The standard InChI is InChI=1S/C19H23BrClN3O5S2/c1-19(2,3)29-18(26)22-7-6-16(25)23-17-24(13-5-4-11(20)8-12(13)21)14-9-31(27,28)10-15(14)30-17/h4-5,8,14-15H,6-7,9-10H2,1-3H3,(H,22,26)/t14-,15+/m0/s1. The number of halogens is 2. The molecule has 0 aliphatic carbocycles. The van der Waals surface area contributed by atoms with E-state index in [4.69, 9.17) is 16.3 Å². The molecule has 0 bridgehead atoms. The number of rotatable bonds is 4. The molecule has 0 saturated carbocycles. The molecule has 8 nitrogen and oxygen atoms in total. The fourth-order valence-corrected chi connectivity index (χ4v) is 7.96. The molecule has 0 aromatic heterocycles. The highest BCUT2D eigenvalue weighted by molar-refractivity contribution is 9.10. The number of fused-ring (bicyclic) bond motifs is 1. The monoisotopic (exact) mass is 551 g/mol. The summed E-state index contributed by atoms with van der Waals surface area (Å²) >= 11 is 11.0. The summed E-state index contributed by atoms with van der Waals surface area (Å²) in [5.41, 5.74) is -0.0300. The lowest BCUT2D eigenvalue weighted by molar-refractivity contribution is -0.117. The van der Waals surface area contributed by atoms with Crippen LogP contribution in [-0.4, -0.2) is 60.5 Å². The molecule has 31 heavy (non-hydrogen) atoms. The van der Waals surface area contributed by atoms with Gasteiger partial charge in [-0.15, -0.1) is 0 Å². The van der Waals surface area contributed by atoms with Crippen LogP contribution in [0, 0.1) is 0 Å². The maximum atomic E-state index is 12.5. The number of amides is 2. The molecule has 0 radical (unpaired) electrons. The maximum absolute atomic E-state index is 12.5. The highest BCUT2D eigenvalue weighted by Crippen LogP contribution is 2.43. The molecule has 1 aromatic carbocycles. The molecule has 2 aliphatic rings. The van der Waals surface area contributed by atoms with E-state index < -0.39 is 27.4 Å². The molecule has 3 rings (SSSR count). The number of benzene rings is 1. The molecule has 1 N–H and O–H groups in total. The van der Waals surface area contributed by atoms with Crippen LogP contribution in [0.2, 0.25) is 5.02 Å². The van der Waals surface area contributed by atoms with E-state index in [1.165, 1.54) is 11.8 Å². The van der Waals surface area contributed by atoms with E-state index in [2.05, 4.69) is 26.2 Å². The van der Waals surface area contributed by atoms with Crippen molar-refractivity contribution in [3.8, 4) is 0 Å². The summed E-state index contributed by atoms with van der Waals surface area (Å²) in [4.78, 5) is 30.1. The second-order valence-electron chi connectivity index (χ2n) is 8.23. The Morgan fingerprint density at radius 1 is 1.35 bits per heavy atom. The number of ether oxygens (including phenoxy) is 1. The zero-order valence-electron chi connectivity index (χ0n) is 17.2. The van der Waals surface area contributed by atoms with Crippen molar-refractivity contribution in [2.75, 3.05) is 23.0 Å². The van der Waals surface area contributed by atoms with Crippen LogP contribution in [0.4, 0.5) is 10.5 Å². The van der Waals surface area contributed by atoms with Crippen LogP contribution in [0.3, 0.4) is 0 Å². The Balaban J connectivity index is 1.75. The lowest BCUT2D eigenvalue weighted by atomic mass is 10.2. The number of aliphatic imine (C=N–C) groups is 1. The predicted octanol–water partition coefficient (Wildman–Crippen LogP) is 3.62. The highest BCUT2D eigenvalue weighted by Gasteiger charge is 2.49. The molecule has 0 spiro atoms. The topological polar surface area (TPSA) is 105 Å². The molecular formula is C19H23BrClN3O5S2. The molecule has 2 amide bonds. The minimum Gasteiger partial charge on any atom is -0.444 e. The van der Waals surface area contributed by atoms with Crippen molar-refractivity contribution in [3.05, 3.63) is 27.7 Å². The van der Waals surface area contributed by atoms with Gasteiger partial charge >= 0.3 is 6.09 Å². The number of hydrogen-bond acceptors (Lipinski definition) is 6. The SMILES string of the molecule is CC(C)(C)OC(=O)NCCC(=O)N=C1S[C@@H]2CS(=O)(=O)C[C@@H]2N1c1ccc(Br)cc1Cl. The van der Waals surface area contributed by atoms with Crippen molar-refractivity contribution in [1.29, 1.82) is 0 Å². The summed E-state index contributed by atoms with van der Waals surface area (Å²) in [6.07, 6.45) is -0.620. The van der Waals surface area contributed by atoms with E-state index in [0.29, 0.717) is 15.9 Å². The Morgan fingerprint density at radius 2 is 2.06 bits per heavy atom. The lowest BCUT2D eigenvalue weighted by Gasteiger charge is -2.25. The Morgan fingerprint density at radius 3 is 2.71 bits per heavy atom. The largest absolute Gasteiger partial charge is 0.444 e. The molecule has 2 aliphatic heterocycles. The van der Waals surface area contributed by atoms with Crippen LogP contribution in [0.15, 0.2) is 27.7 Å². The summed E-state index contributed by atoms with van der Waals surface area (Å²) in [6, 6.07) is 4.93. The van der Waals surface area contributed by atoms with E-state index in [1.807, 2.05) is 0 Å². The average Bonchev–Trinajstić information content (AvgIpc) is 3.04. The number of anilines is 1. The fourth-order valence-electron chi connectivity index (χ4n) is 3.27. The average molecular weight is 553 g/mol. The highest BCUT2D eigenvalue weighted by atomic mass is 79.9. The number of alkyl carbamates (subject to hydrolysis) is 1. The van der Waals surface area contributed by atoms with Crippen LogP contribution >= 0.6 is 39.3 Å². The van der Waals surface area contributed by atoms with Gasteiger partial charge in [-0.05, 0) is 39.0 Å². The number of amidine groups is 1. The number of nitrogens with one attached hydrogen (secondary N) is 1. The van der Waals surface area contributed by atoms with E-state index in [0.717, 1.165) is 4.47 Å². The van der Waals surface area contributed by atoms with Crippen molar-refractivity contribution in [2.24, 2.45) is 4.99 Å². The first kappa shape index (κ1) is 24.3. The van der Waals surface area contributed by atoms with Crippen molar-refractivity contribution < 1.29 is 22.7 Å². The third kappa shape index (κ3) is 6.36. The van der Waals surface area contributed by atoms with Crippen molar-refractivity contribution in [3.63, 3.8) is 0 Å². The van der Waals surface area contributed by atoms with Gasteiger partial charge in [0.25, 0.3) is 0 Å². The fraction of sp³-hybridized carbons (Fsp3) is 0.526. The molecule has 2 atom stereocenters. The third-order valence-electron chi connectivity index (χ3n) is 4.46. The van der Waals surface area contributed by atoms with Gasteiger partial charge in [0.15, 0.2) is 15.0 Å². The summed E-state index contributed by atoms with van der Waals surface area (Å²) in [5, 5.41) is 3.14. The minimum absolute atomic E-state index is 0.0150. The first-order chi connectivity index (χ1) is 14.3. The van der Waals surface area contributed by atoms with Gasteiger partial charge in [0, 0.05) is 22.7 Å². The quantitative estimate of drug-likeness (QED) is 0.608. The molecule has 2 saturated heterocycles. The maximum Gasteiger partial charge on any atom is 0.407 e. The second kappa shape index (κ2) is 9.29. The number of carbonyl (C=O) groups excluding carboxylic acids is 2. The van der Waals surface area contributed by atoms with Gasteiger partial charge in [-0.3, -0.25) is 4.79 Å². The number of hydrogen-bond donors (Lipinski definition) is 1. The number of thioether (sulfide) groups is 1. The van der Waals surface area contributed by atoms with Crippen LogP contribution in [0.5, 0.6) is 0 Å². The number of nitrogens with zero attached hydrogens (tertiary/aromatic N) is 2. The zero-order valence-corrected chi connectivity index (χ0v) is 21.2. The Bertz CT molecular complexity index is 1030. The molecule has 0 unspecified atom stereocenters. The molecule has 2 fully saturated rings. The zero-order chi connectivity index (χ0) is 23.0. The van der Waals surface area contributed by atoms with Crippen molar-refractivity contribution in [1.82, 2.24) is 5.32 Å². The van der Waals surface area contributed by atoms with Gasteiger partial charge in [-0.2, -0.15) is 4.99 Å². The van der Waals surface area contributed by atoms with E-state index in [9.17, 15) is 18.0 Å². The first-order valence-electron chi connectivity index (χ1n) is 9.54. The predicted molar refractivity (Wildman–Crippen MR) is 127 cm³/mol. The molecular weight excluding hydrogens is 530 g/mol. The summed E-state index contributed by atoms with van der Waals surface area (Å²) in [5.74, 6) is -0.426. The van der Waals surface area contributed by atoms with Gasteiger partial charge in [-0.1, -0.05) is 39.3 Å². The lowest BCUT2D eigenvalue weighted by Crippen LogP contribution is -2.38. The van der Waals surface area contributed by atoms with E-state index in [1.54, 1.807) is 43.9 Å². The minimum atomic E-state index is -3.17. The normalized spacial score (nSPS) is 23.6. The Labute approximate surface area is 199 Å². The second-order valence-corrected chi connectivity index (χ2v) is 12.9. The van der Waals surface area contributed by atoms with E-state index >= 15 is 0 Å². The molecule has 170 valence electrons. The van der Waals surface area contributed by atoms with E-state index in [-0.39, 0.29) is 35.8 Å². The van der Waals surface area contributed by atoms with Crippen LogP contribution in [-0.2, 0) is 19.4 Å². The summed E-state index contributed by atoms with van der Waals surface area (Å²) < 4.78 is 30.2. The number of sulfone groups is 1. The van der Waals surface area contributed by atoms with Gasteiger partial charge in [0.1, 0.15) is 5.60 Å². The van der Waals surface area contributed by atoms with Crippen LogP contribution in [0.1, 0.15) is 27.2 Å². The Kier molecular flexibility index (Phi) is 7.29. The van der Waals surface area contributed by atoms with Crippen LogP contribution in [0.25, 0.3) is 0 Å². The van der Waals surface area contributed by atoms with Crippen molar-refractivity contribution in [2.45, 2.75) is 44.1 Å². The molecule has 1 aromatic rings. The van der Waals surface area contributed by atoms with Gasteiger partial charge in [-0.25, -0.2) is 13.2 Å². The summed E-state index contributed by atoms with van der Waals surface area (Å²) in [6.45, 7) is 5.33. The van der Waals surface area contributed by atoms with Crippen LogP contribution < -0.4 is 10.2 Å². The Hall–Kier alpha value is -1.30. The van der Waals surface area contributed by atoms with Gasteiger partial charge in [0.2, 0.25) is 5.91 Å². The smallest absolute Gasteiger partial charge is 0.407 e. The van der Waals surface area contributed by atoms with Gasteiger partial charge in [0.05, 0.1) is 28.3 Å².